The van der Waals surface area contributed by atoms with E-state index in [2.05, 4.69) is 0 Å². The second-order valence-corrected chi connectivity index (χ2v) is 6.51. The molecule has 0 heterocycles. The normalized spacial score (nSPS) is 11.8. The van der Waals surface area contributed by atoms with Gasteiger partial charge in [-0.25, -0.2) is 8.42 Å². The van der Waals surface area contributed by atoms with Gasteiger partial charge < -0.3 is 5.11 Å². The summed E-state index contributed by atoms with van der Waals surface area (Å²) in [5, 5.41) is 8.92. The van der Waals surface area contributed by atoms with Gasteiger partial charge in [0.2, 0.25) is 0 Å². The molecule has 6 heteroatoms. The number of allylic oxidation sites excluding steroid dienone is 2. The predicted octanol–water partition coefficient (Wildman–Crippen LogP) is 2.92. The van der Waals surface area contributed by atoms with Crippen LogP contribution >= 0.6 is 11.6 Å². The molecule has 0 fully saturated rings. The summed E-state index contributed by atoms with van der Waals surface area (Å²) < 4.78 is 23.8. The number of carboxylic acid groups (broad SMARTS) is 1. The minimum absolute atomic E-state index is 0.00178. The molecule has 0 aromatic heterocycles. The maximum atomic E-state index is 11.9. The number of sulfone groups is 1. The Hall–Kier alpha value is -1.33. The van der Waals surface area contributed by atoms with Crippen molar-refractivity contribution in [2.24, 2.45) is 0 Å². The summed E-state index contributed by atoms with van der Waals surface area (Å²) in [6, 6.07) is 6.03. The second-order valence-electron chi connectivity index (χ2n) is 3.97. The number of carbonyl (C=O) groups is 1. The maximum absolute atomic E-state index is 11.9. The van der Waals surface area contributed by atoms with Crippen molar-refractivity contribution >= 4 is 27.4 Å². The fraction of sp³-hybridized carbons (Fsp3) is 0.308. The molecule has 0 amide bonds. The molecule has 104 valence electrons. The third-order valence-corrected chi connectivity index (χ3v) is 4.43. The quantitative estimate of drug-likeness (QED) is 0.786. The summed E-state index contributed by atoms with van der Waals surface area (Å²) in [5.74, 6) is -0.864. The number of benzene rings is 1. The Morgan fingerprint density at radius 2 is 1.74 bits per heavy atom. The first-order chi connectivity index (χ1) is 8.92. The van der Waals surface area contributed by atoms with Crippen molar-refractivity contribution in [2.75, 3.05) is 5.75 Å². The third kappa shape index (κ3) is 5.89. The molecule has 0 saturated carbocycles. The van der Waals surface area contributed by atoms with Gasteiger partial charge >= 0.3 is 5.97 Å². The largest absolute Gasteiger partial charge is 0.481 e. The fourth-order valence-electron chi connectivity index (χ4n) is 1.43. The van der Waals surface area contributed by atoms with Crippen LogP contribution in [0.5, 0.6) is 0 Å². The molecule has 1 N–H and O–H groups in total. The summed E-state index contributed by atoms with van der Waals surface area (Å²) in [5.41, 5.74) is 0. The number of rotatable bonds is 7. The molecule has 4 nitrogen and oxygen atoms in total. The number of carboxylic acids is 1. The highest BCUT2D eigenvalue weighted by molar-refractivity contribution is 7.91. The molecule has 19 heavy (non-hydrogen) atoms. The average molecular weight is 303 g/mol. The number of hydrogen-bond acceptors (Lipinski definition) is 3. The summed E-state index contributed by atoms with van der Waals surface area (Å²) in [4.78, 5) is 10.5. The monoisotopic (exact) mass is 302 g/mol. The highest BCUT2D eigenvalue weighted by Crippen LogP contribution is 2.16. The minimum atomic E-state index is -3.31. The van der Waals surface area contributed by atoms with Gasteiger partial charge in [-0.05, 0) is 37.1 Å². The van der Waals surface area contributed by atoms with Crippen LogP contribution in [0.15, 0.2) is 41.3 Å². The lowest BCUT2D eigenvalue weighted by Crippen LogP contribution is -2.05. The van der Waals surface area contributed by atoms with Crippen molar-refractivity contribution in [2.45, 2.75) is 24.2 Å². The Bertz CT molecular complexity index is 547. The zero-order chi connectivity index (χ0) is 14.3. The van der Waals surface area contributed by atoms with E-state index in [9.17, 15) is 13.2 Å². The lowest BCUT2D eigenvalue weighted by Gasteiger charge is -2.02. The summed E-state index contributed by atoms with van der Waals surface area (Å²) in [7, 11) is -3.31. The smallest absolute Gasteiger partial charge is 0.303 e. The van der Waals surface area contributed by atoms with Gasteiger partial charge in [0, 0.05) is 11.4 Å². The lowest BCUT2D eigenvalue weighted by molar-refractivity contribution is -0.136. The van der Waals surface area contributed by atoms with Gasteiger partial charge in [-0.15, -0.1) is 0 Å². The van der Waals surface area contributed by atoms with E-state index in [1.54, 1.807) is 12.2 Å². The third-order valence-electron chi connectivity index (χ3n) is 2.42. The zero-order valence-corrected chi connectivity index (χ0v) is 11.8. The van der Waals surface area contributed by atoms with E-state index >= 15 is 0 Å². The fourth-order valence-corrected chi connectivity index (χ4v) is 2.78. The molecule has 0 atom stereocenters. The van der Waals surface area contributed by atoms with E-state index in [4.69, 9.17) is 16.7 Å². The molecule has 0 aliphatic rings. The van der Waals surface area contributed by atoms with Crippen LogP contribution in [0.25, 0.3) is 0 Å². The summed E-state index contributed by atoms with van der Waals surface area (Å²) in [6.45, 7) is 0. The first-order valence-corrected chi connectivity index (χ1v) is 7.80. The van der Waals surface area contributed by atoms with Crippen LogP contribution in [0.3, 0.4) is 0 Å². The molecule has 1 aromatic rings. The van der Waals surface area contributed by atoms with Gasteiger partial charge in [0.15, 0.2) is 9.84 Å². The molecule has 0 aliphatic heterocycles. The topological polar surface area (TPSA) is 71.4 Å². The van der Waals surface area contributed by atoms with E-state index in [1.807, 2.05) is 0 Å². The molecule has 1 rings (SSSR count). The number of hydrogen-bond donors (Lipinski definition) is 1. The van der Waals surface area contributed by atoms with Crippen LogP contribution in [-0.2, 0) is 14.6 Å². The SMILES string of the molecule is O=C(O)CCC=CCCS(=O)(=O)c1ccc(Cl)cc1. The van der Waals surface area contributed by atoms with Crippen molar-refractivity contribution in [3.8, 4) is 0 Å². The van der Waals surface area contributed by atoms with E-state index in [0.29, 0.717) is 17.9 Å². The van der Waals surface area contributed by atoms with Crippen LogP contribution in [0.2, 0.25) is 5.02 Å². The Morgan fingerprint density at radius 1 is 1.16 bits per heavy atom. The molecule has 0 aliphatic carbocycles. The molecule has 0 bridgehead atoms. The van der Waals surface area contributed by atoms with Crippen LogP contribution < -0.4 is 0 Å². The standard InChI is InChI=1S/C13H15ClO4S/c14-11-6-8-12(9-7-11)19(17,18)10-4-2-1-3-5-13(15)16/h1-2,6-9H,3-5,10H2,(H,15,16). The van der Waals surface area contributed by atoms with Crippen LogP contribution in [0, 0.1) is 0 Å². The maximum Gasteiger partial charge on any atom is 0.303 e. The molecular weight excluding hydrogens is 288 g/mol. The Kier molecular flexibility index (Phi) is 6.05. The first kappa shape index (κ1) is 15.7. The Labute approximate surface area is 117 Å². The zero-order valence-electron chi connectivity index (χ0n) is 10.3. The minimum Gasteiger partial charge on any atom is -0.481 e. The lowest BCUT2D eigenvalue weighted by atomic mass is 10.3. The molecule has 0 saturated heterocycles. The number of aliphatic carboxylic acids is 1. The van der Waals surface area contributed by atoms with E-state index in [-0.39, 0.29) is 17.1 Å². The molecular formula is C13H15ClO4S. The van der Waals surface area contributed by atoms with Gasteiger partial charge in [-0.1, -0.05) is 23.8 Å². The van der Waals surface area contributed by atoms with Crippen LogP contribution in [0.4, 0.5) is 0 Å². The Balaban J connectivity index is 2.47. The number of halogens is 1. The molecule has 0 spiro atoms. The summed E-state index contributed by atoms with van der Waals surface area (Å²) in [6.07, 6.45) is 4.21. The average Bonchev–Trinajstić information content (AvgIpc) is 2.34. The highest BCUT2D eigenvalue weighted by Gasteiger charge is 2.12. The highest BCUT2D eigenvalue weighted by atomic mass is 35.5. The van der Waals surface area contributed by atoms with Crippen LogP contribution in [0.1, 0.15) is 19.3 Å². The van der Waals surface area contributed by atoms with Gasteiger partial charge in [-0.2, -0.15) is 0 Å². The van der Waals surface area contributed by atoms with Crippen LogP contribution in [-0.4, -0.2) is 25.2 Å². The second kappa shape index (κ2) is 7.31. The van der Waals surface area contributed by atoms with Crippen molar-refractivity contribution in [3.05, 3.63) is 41.4 Å². The summed E-state index contributed by atoms with van der Waals surface area (Å²) >= 11 is 5.69. The van der Waals surface area contributed by atoms with E-state index < -0.39 is 15.8 Å². The predicted molar refractivity (Wildman–Crippen MR) is 74.1 cm³/mol. The van der Waals surface area contributed by atoms with Crippen molar-refractivity contribution in [1.82, 2.24) is 0 Å². The van der Waals surface area contributed by atoms with Gasteiger partial charge in [0.05, 0.1) is 10.6 Å². The molecule has 0 unspecified atom stereocenters. The van der Waals surface area contributed by atoms with Gasteiger partial charge in [-0.3, -0.25) is 4.79 Å². The Morgan fingerprint density at radius 3 is 2.32 bits per heavy atom. The first-order valence-electron chi connectivity index (χ1n) is 5.77. The van der Waals surface area contributed by atoms with Gasteiger partial charge in [0.1, 0.15) is 0 Å². The molecule has 1 aromatic carbocycles. The van der Waals surface area contributed by atoms with Crippen molar-refractivity contribution in [3.63, 3.8) is 0 Å². The van der Waals surface area contributed by atoms with Crippen molar-refractivity contribution < 1.29 is 18.3 Å². The van der Waals surface area contributed by atoms with Crippen molar-refractivity contribution in [1.29, 1.82) is 0 Å². The van der Waals surface area contributed by atoms with E-state index in [0.717, 1.165) is 0 Å². The van der Waals surface area contributed by atoms with E-state index in [1.165, 1.54) is 24.3 Å². The molecule has 0 radical (unpaired) electrons. The van der Waals surface area contributed by atoms with Gasteiger partial charge in [0.25, 0.3) is 0 Å².